The van der Waals surface area contributed by atoms with Crippen molar-refractivity contribution < 1.29 is 0 Å². The fourth-order valence-corrected chi connectivity index (χ4v) is 18.6. The standard InChI is InChI=1S/C64H58Si/c1-35-36(2)60(40-22-26-44-46-32-56-48(34-54(46)64(9,10)52(44)30-40)58-42-20-16-14-18-38(42)24-28-50(58)62(56,5)6)65(11,12)59(35)39-21-25-43-45-31-55-47(33-53(45)63(7,8)51(43)29-39)57-41-19-15-13-17-37(41)23-27-49(57)61(55,3)4/h13-34H,1-12H3. The monoisotopic (exact) mass is 854 g/mol. The average Bonchev–Trinajstić information content (AvgIpc) is 3.89. The third-order valence-electron chi connectivity index (χ3n) is 17.9. The molecule has 0 radical (unpaired) electrons. The summed E-state index contributed by atoms with van der Waals surface area (Å²) in [6.07, 6.45) is 0. The predicted octanol–water partition coefficient (Wildman–Crippen LogP) is 17.3. The first-order valence-corrected chi connectivity index (χ1v) is 27.0. The maximum atomic E-state index is 2.61. The Morgan fingerprint density at radius 2 is 0.662 bits per heavy atom. The maximum absolute atomic E-state index is 2.61. The molecule has 0 unspecified atom stereocenters. The second-order valence-corrected chi connectivity index (χ2v) is 27.2. The zero-order chi connectivity index (χ0) is 45.1. The zero-order valence-corrected chi connectivity index (χ0v) is 41.2. The molecule has 5 aliphatic rings. The molecule has 318 valence electrons. The third kappa shape index (κ3) is 4.73. The summed E-state index contributed by atoms with van der Waals surface area (Å²) < 4.78 is 0. The van der Waals surface area contributed by atoms with Crippen LogP contribution in [0.1, 0.15) is 125 Å². The van der Waals surface area contributed by atoms with Crippen molar-refractivity contribution in [2.24, 2.45) is 0 Å². The molecule has 1 heterocycles. The van der Waals surface area contributed by atoms with Crippen molar-refractivity contribution in [3.8, 4) is 44.5 Å². The summed E-state index contributed by atoms with van der Waals surface area (Å²) in [5.74, 6) is 0. The van der Waals surface area contributed by atoms with Gasteiger partial charge in [0, 0.05) is 21.7 Å². The molecule has 4 aliphatic carbocycles. The first-order valence-electron chi connectivity index (χ1n) is 24.0. The molecule has 1 aliphatic heterocycles. The number of allylic oxidation sites excluding steroid dienone is 2. The lowest BCUT2D eigenvalue weighted by atomic mass is 9.79. The fraction of sp³-hybridized carbons (Fsp3) is 0.250. The van der Waals surface area contributed by atoms with Gasteiger partial charge in [-0.2, -0.15) is 0 Å². The highest BCUT2D eigenvalue weighted by molar-refractivity contribution is 7.10. The van der Waals surface area contributed by atoms with E-state index in [4.69, 9.17) is 0 Å². The number of hydrogen-bond acceptors (Lipinski definition) is 0. The van der Waals surface area contributed by atoms with E-state index < -0.39 is 8.07 Å². The summed E-state index contributed by atoms with van der Waals surface area (Å²) >= 11 is 0. The molecule has 1 heteroatoms. The van der Waals surface area contributed by atoms with E-state index >= 15 is 0 Å². The van der Waals surface area contributed by atoms with Crippen molar-refractivity contribution in [2.75, 3.05) is 0 Å². The van der Waals surface area contributed by atoms with Crippen molar-refractivity contribution in [3.05, 3.63) is 200 Å². The Morgan fingerprint density at radius 1 is 0.323 bits per heavy atom. The molecule has 0 spiro atoms. The van der Waals surface area contributed by atoms with Crippen molar-refractivity contribution in [3.63, 3.8) is 0 Å². The lowest BCUT2D eigenvalue weighted by Gasteiger charge is -2.29. The first-order chi connectivity index (χ1) is 30.8. The van der Waals surface area contributed by atoms with Crippen molar-refractivity contribution >= 4 is 40.0 Å². The molecule has 0 fully saturated rings. The van der Waals surface area contributed by atoms with Crippen LogP contribution in [0.15, 0.2) is 145 Å². The van der Waals surface area contributed by atoms with Crippen molar-refractivity contribution in [1.82, 2.24) is 0 Å². The minimum Gasteiger partial charge on any atom is -0.0616 e. The fourth-order valence-electron chi connectivity index (χ4n) is 14.4. The highest BCUT2D eigenvalue weighted by Gasteiger charge is 2.46. The predicted molar refractivity (Wildman–Crippen MR) is 281 cm³/mol. The van der Waals surface area contributed by atoms with E-state index in [-0.39, 0.29) is 21.7 Å². The van der Waals surface area contributed by atoms with Crippen molar-refractivity contribution in [2.45, 2.75) is 104 Å². The Hall–Kier alpha value is -6.02. The summed E-state index contributed by atoms with van der Waals surface area (Å²) in [5.41, 5.74) is 28.4. The summed E-state index contributed by atoms with van der Waals surface area (Å²) in [7, 11) is -2.16. The van der Waals surface area contributed by atoms with Crippen LogP contribution in [0.3, 0.4) is 0 Å². The van der Waals surface area contributed by atoms with Gasteiger partial charge in [0.25, 0.3) is 0 Å². The lowest BCUT2D eigenvalue weighted by molar-refractivity contribution is 0.652. The topological polar surface area (TPSA) is 0 Å². The van der Waals surface area contributed by atoms with Crippen LogP contribution in [0.2, 0.25) is 13.1 Å². The van der Waals surface area contributed by atoms with Crippen LogP contribution >= 0.6 is 0 Å². The van der Waals surface area contributed by atoms with Crippen LogP contribution < -0.4 is 0 Å². The highest BCUT2D eigenvalue weighted by atomic mass is 28.3. The van der Waals surface area contributed by atoms with Gasteiger partial charge in [-0.25, -0.2) is 0 Å². The summed E-state index contributed by atoms with van der Waals surface area (Å²) in [6.45, 7) is 29.6. The van der Waals surface area contributed by atoms with Gasteiger partial charge in [-0.1, -0.05) is 178 Å². The van der Waals surface area contributed by atoms with Gasteiger partial charge in [0.1, 0.15) is 8.07 Å². The second kappa shape index (κ2) is 12.2. The van der Waals surface area contributed by atoms with Crippen LogP contribution in [0.25, 0.3) is 76.4 Å². The molecule has 0 bridgehead atoms. The lowest BCUT2D eigenvalue weighted by Crippen LogP contribution is -2.29. The molecule has 8 aromatic carbocycles. The molecular formula is C64H58Si. The molecule has 0 saturated heterocycles. The third-order valence-corrected chi connectivity index (χ3v) is 21.7. The Balaban J connectivity index is 0.878. The molecule has 0 saturated carbocycles. The van der Waals surface area contributed by atoms with Gasteiger partial charge in [0.15, 0.2) is 0 Å². The van der Waals surface area contributed by atoms with Crippen LogP contribution in [0.5, 0.6) is 0 Å². The first kappa shape index (κ1) is 39.4. The Labute approximate surface area is 386 Å². The SMILES string of the molecule is CC1=C(c2ccc3c(c2)C(C)(C)c2cc4c(cc2-3)C(C)(C)c2ccc3ccccc3c2-4)[Si](C)(C)C(c2ccc3c(c2)C(C)(C)c2cc4c(cc2-3)C(C)(C)c2ccc3ccccc3c2-4)=C1C. The molecule has 0 N–H and O–H groups in total. The van der Waals surface area contributed by atoms with Crippen LogP contribution in [0.4, 0.5) is 0 Å². The van der Waals surface area contributed by atoms with Crippen molar-refractivity contribution in [1.29, 1.82) is 0 Å². The summed E-state index contributed by atoms with van der Waals surface area (Å²) in [5, 5.41) is 8.56. The van der Waals surface area contributed by atoms with Gasteiger partial charge in [-0.05, 0) is 181 Å². The Bertz CT molecular complexity index is 3390. The molecule has 0 atom stereocenters. The highest BCUT2D eigenvalue weighted by Crippen LogP contribution is 2.61. The van der Waals surface area contributed by atoms with Gasteiger partial charge < -0.3 is 0 Å². The van der Waals surface area contributed by atoms with E-state index in [9.17, 15) is 0 Å². The number of hydrogen-bond donors (Lipinski definition) is 0. The summed E-state index contributed by atoms with van der Waals surface area (Å²) in [6, 6.07) is 52.7. The molecule has 65 heavy (non-hydrogen) atoms. The van der Waals surface area contributed by atoms with E-state index in [0.717, 1.165) is 0 Å². The molecule has 0 aromatic heterocycles. The molecule has 0 nitrogen and oxygen atoms in total. The quantitative estimate of drug-likeness (QED) is 0.152. The van der Waals surface area contributed by atoms with E-state index in [1.54, 1.807) is 10.4 Å². The smallest absolute Gasteiger partial charge is 0.0616 e. The zero-order valence-electron chi connectivity index (χ0n) is 40.2. The molecule has 8 aromatic rings. The Morgan fingerprint density at radius 3 is 1.08 bits per heavy atom. The van der Waals surface area contributed by atoms with Crippen LogP contribution in [0, 0.1) is 0 Å². The minimum atomic E-state index is -2.16. The maximum Gasteiger partial charge on any atom is 0.114 e. The van der Waals surface area contributed by atoms with E-state index in [1.807, 2.05) is 0 Å². The van der Waals surface area contributed by atoms with Gasteiger partial charge in [0.05, 0.1) is 0 Å². The Kier molecular flexibility index (Phi) is 7.41. The minimum absolute atomic E-state index is 0.0638. The van der Waals surface area contributed by atoms with Gasteiger partial charge in [0.2, 0.25) is 0 Å². The average molecular weight is 855 g/mol. The second-order valence-electron chi connectivity index (χ2n) is 23.0. The van der Waals surface area contributed by atoms with E-state index in [1.165, 1.54) is 133 Å². The van der Waals surface area contributed by atoms with Gasteiger partial charge in [-0.15, -0.1) is 0 Å². The van der Waals surface area contributed by atoms with E-state index in [2.05, 4.69) is 216 Å². The van der Waals surface area contributed by atoms with Crippen LogP contribution in [-0.4, -0.2) is 8.07 Å². The molecule has 0 amide bonds. The number of benzene rings is 8. The number of fused-ring (bicyclic) bond motifs is 16. The molecule has 13 rings (SSSR count). The summed E-state index contributed by atoms with van der Waals surface area (Å²) in [4.78, 5) is 0. The largest absolute Gasteiger partial charge is 0.114 e. The molecular weight excluding hydrogens is 797 g/mol. The van der Waals surface area contributed by atoms with Gasteiger partial charge >= 0.3 is 0 Å². The normalized spacial score (nSPS) is 19.0. The van der Waals surface area contributed by atoms with Gasteiger partial charge in [-0.3, -0.25) is 0 Å². The van der Waals surface area contributed by atoms with Crippen LogP contribution in [-0.2, 0) is 21.7 Å². The number of rotatable bonds is 2. The van der Waals surface area contributed by atoms with E-state index in [0.29, 0.717) is 0 Å².